The molecule has 0 atom stereocenters. The number of carbonyl (C=O) groups excluding carboxylic acids is 1. The van der Waals surface area contributed by atoms with Gasteiger partial charge in [-0.25, -0.2) is 4.79 Å². The molecule has 2 heterocycles. The van der Waals surface area contributed by atoms with E-state index in [1.807, 2.05) is 35.7 Å². The molecule has 3 rings (SSSR count). The summed E-state index contributed by atoms with van der Waals surface area (Å²) in [4.78, 5) is 16.6. The number of thiophene rings is 1. The van der Waals surface area contributed by atoms with Crippen molar-refractivity contribution in [3.05, 3.63) is 41.4 Å². The third-order valence-corrected chi connectivity index (χ3v) is 4.96. The van der Waals surface area contributed by atoms with E-state index >= 15 is 0 Å². The zero-order chi connectivity index (χ0) is 19.4. The number of hydrogen-bond donors (Lipinski definition) is 1. The molecule has 0 amide bonds. The summed E-state index contributed by atoms with van der Waals surface area (Å²) in [5.74, 6) is 1.20. The monoisotopic (exact) mass is 387 g/mol. The predicted octanol–water partition coefficient (Wildman–Crippen LogP) is 4.61. The highest BCUT2D eigenvalue weighted by Gasteiger charge is 2.21. The van der Waals surface area contributed by atoms with Crippen molar-refractivity contribution in [2.75, 3.05) is 27.9 Å². The lowest BCUT2D eigenvalue weighted by Gasteiger charge is -2.13. The predicted molar refractivity (Wildman–Crippen MR) is 105 cm³/mol. The van der Waals surface area contributed by atoms with E-state index in [0.717, 1.165) is 21.7 Å². The molecule has 6 nitrogen and oxygen atoms in total. The minimum absolute atomic E-state index is 0.307. The maximum absolute atomic E-state index is 12.4. The first kappa shape index (κ1) is 18.8. The first-order valence-corrected chi connectivity index (χ1v) is 9.25. The van der Waals surface area contributed by atoms with Gasteiger partial charge in [0, 0.05) is 21.7 Å². The largest absolute Gasteiger partial charge is 0.493 e. The van der Waals surface area contributed by atoms with Gasteiger partial charge in [0.15, 0.2) is 11.5 Å². The topological polar surface area (TPSA) is 69.8 Å². The van der Waals surface area contributed by atoms with Crippen molar-refractivity contribution in [3.8, 4) is 38.9 Å². The molecule has 0 spiro atoms. The number of rotatable bonds is 7. The Morgan fingerprint density at radius 3 is 2.30 bits per heavy atom. The lowest BCUT2D eigenvalue weighted by molar-refractivity contribution is 0.0521. The van der Waals surface area contributed by atoms with E-state index in [-0.39, 0.29) is 5.97 Å². The van der Waals surface area contributed by atoms with Crippen LogP contribution in [0.2, 0.25) is 0 Å². The minimum Gasteiger partial charge on any atom is -0.493 e. The van der Waals surface area contributed by atoms with Crippen molar-refractivity contribution in [1.29, 1.82) is 0 Å². The third-order valence-electron chi connectivity index (χ3n) is 4.06. The van der Waals surface area contributed by atoms with E-state index in [9.17, 15) is 4.79 Å². The van der Waals surface area contributed by atoms with Crippen LogP contribution in [0.3, 0.4) is 0 Å². The fraction of sp³-hybridized carbons (Fsp3) is 0.250. The van der Waals surface area contributed by atoms with Gasteiger partial charge in [-0.15, -0.1) is 11.3 Å². The van der Waals surface area contributed by atoms with Crippen LogP contribution in [-0.2, 0) is 4.74 Å². The summed E-state index contributed by atoms with van der Waals surface area (Å²) in [5.41, 5.74) is 2.77. The van der Waals surface area contributed by atoms with E-state index in [1.54, 1.807) is 39.6 Å². The van der Waals surface area contributed by atoms with Crippen molar-refractivity contribution in [3.63, 3.8) is 0 Å². The van der Waals surface area contributed by atoms with E-state index in [4.69, 9.17) is 18.9 Å². The van der Waals surface area contributed by atoms with Crippen molar-refractivity contribution < 1.29 is 23.7 Å². The number of hydrogen-bond acceptors (Lipinski definition) is 6. The Balaban J connectivity index is 2.15. The summed E-state index contributed by atoms with van der Waals surface area (Å²) in [6.07, 6.45) is 0. The second-order valence-electron chi connectivity index (χ2n) is 5.58. The Bertz CT molecular complexity index is 905. The van der Waals surface area contributed by atoms with Crippen LogP contribution in [0.25, 0.3) is 21.7 Å². The van der Waals surface area contributed by atoms with Gasteiger partial charge in [0.2, 0.25) is 5.75 Å². The number of ether oxygens (including phenoxy) is 4. The van der Waals surface area contributed by atoms with Crippen molar-refractivity contribution in [1.82, 2.24) is 4.98 Å². The van der Waals surface area contributed by atoms with Gasteiger partial charge in [-0.2, -0.15) is 0 Å². The highest BCUT2D eigenvalue weighted by Crippen LogP contribution is 2.42. The maximum Gasteiger partial charge on any atom is 0.355 e. The quantitative estimate of drug-likeness (QED) is 0.600. The molecule has 7 heteroatoms. The third kappa shape index (κ3) is 3.64. The average Bonchev–Trinajstić information content (AvgIpc) is 3.36. The smallest absolute Gasteiger partial charge is 0.355 e. The second kappa shape index (κ2) is 8.18. The Morgan fingerprint density at radius 1 is 1.07 bits per heavy atom. The van der Waals surface area contributed by atoms with E-state index in [0.29, 0.717) is 29.5 Å². The molecule has 1 N–H and O–H groups in total. The summed E-state index contributed by atoms with van der Waals surface area (Å²) in [6, 6.07) is 9.51. The summed E-state index contributed by atoms with van der Waals surface area (Å²) in [5, 5.41) is 1.97. The average molecular weight is 387 g/mol. The molecule has 0 aliphatic heterocycles. The van der Waals surface area contributed by atoms with Gasteiger partial charge in [-0.1, -0.05) is 6.07 Å². The Morgan fingerprint density at radius 2 is 1.78 bits per heavy atom. The normalized spacial score (nSPS) is 10.5. The number of esters is 1. The van der Waals surface area contributed by atoms with Crippen LogP contribution in [0, 0.1) is 0 Å². The summed E-state index contributed by atoms with van der Waals surface area (Å²) >= 11 is 1.56. The van der Waals surface area contributed by atoms with Crippen LogP contribution >= 0.6 is 11.3 Å². The molecule has 27 heavy (non-hydrogen) atoms. The van der Waals surface area contributed by atoms with Gasteiger partial charge in [-0.05, 0) is 36.6 Å². The van der Waals surface area contributed by atoms with Crippen molar-refractivity contribution >= 4 is 17.3 Å². The number of H-pyrrole nitrogens is 1. The van der Waals surface area contributed by atoms with Gasteiger partial charge in [0.1, 0.15) is 5.69 Å². The van der Waals surface area contributed by atoms with Gasteiger partial charge in [-0.3, -0.25) is 0 Å². The SMILES string of the molecule is CCOC(=O)c1[nH]c(-c2cc(OC)c(OC)c(OC)c2)cc1-c1cccs1. The second-order valence-corrected chi connectivity index (χ2v) is 6.53. The number of aromatic amines is 1. The van der Waals surface area contributed by atoms with Gasteiger partial charge < -0.3 is 23.9 Å². The molecular formula is C20H21NO5S. The number of aromatic nitrogens is 1. The lowest BCUT2D eigenvalue weighted by atomic mass is 10.1. The summed E-state index contributed by atoms with van der Waals surface area (Å²) in [7, 11) is 4.69. The highest BCUT2D eigenvalue weighted by atomic mass is 32.1. The zero-order valence-corrected chi connectivity index (χ0v) is 16.4. The van der Waals surface area contributed by atoms with E-state index < -0.39 is 0 Å². The summed E-state index contributed by atoms with van der Waals surface area (Å²) in [6.45, 7) is 2.09. The number of methoxy groups -OCH3 is 3. The van der Waals surface area contributed by atoms with Crippen LogP contribution in [0.4, 0.5) is 0 Å². The molecule has 0 saturated carbocycles. The van der Waals surface area contributed by atoms with Gasteiger partial charge >= 0.3 is 5.97 Å². The van der Waals surface area contributed by atoms with Crippen LogP contribution in [-0.4, -0.2) is 38.9 Å². The summed E-state index contributed by atoms with van der Waals surface area (Å²) < 4.78 is 21.4. The molecule has 0 radical (unpaired) electrons. The van der Waals surface area contributed by atoms with E-state index in [1.165, 1.54) is 0 Å². The Labute approximate surface area is 161 Å². The first-order chi connectivity index (χ1) is 13.1. The molecular weight excluding hydrogens is 366 g/mol. The standard InChI is InChI=1S/C20H21NO5S/c1-5-26-20(22)18-13(17-7-6-8-27-17)11-14(21-18)12-9-15(23-2)19(25-4)16(10-12)24-3/h6-11,21H,5H2,1-4H3. The molecule has 0 bridgehead atoms. The Kier molecular flexibility index (Phi) is 5.71. The molecule has 0 aliphatic rings. The number of nitrogens with one attached hydrogen (secondary N) is 1. The zero-order valence-electron chi connectivity index (χ0n) is 15.6. The van der Waals surface area contributed by atoms with Gasteiger partial charge in [0.05, 0.1) is 27.9 Å². The van der Waals surface area contributed by atoms with Crippen LogP contribution in [0.15, 0.2) is 35.7 Å². The molecule has 2 aromatic heterocycles. The lowest BCUT2D eigenvalue weighted by Crippen LogP contribution is -2.06. The molecule has 0 aliphatic carbocycles. The molecule has 142 valence electrons. The highest BCUT2D eigenvalue weighted by molar-refractivity contribution is 7.13. The minimum atomic E-state index is -0.389. The van der Waals surface area contributed by atoms with Gasteiger partial charge in [0.25, 0.3) is 0 Å². The van der Waals surface area contributed by atoms with Crippen LogP contribution < -0.4 is 14.2 Å². The molecule has 3 aromatic rings. The molecule has 0 fully saturated rings. The number of benzene rings is 1. The van der Waals surface area contributed by atoms with Crippen LogP contribution in [0.5, 0.6) is 17.2 Å². The van der Waals surface area contributed by atoms with Crippen molar-refractivity contribution in [2.24, 2.45) is 0 Å². The number of carbonyl (C=O) groups is 1. The fourth-order valence-electron chi connectivity index (χ4n) is 2.84. The fourth-order valence-corrected chi connectivity index (χ4v) is 3.59. The Hall–Kier alpha value is -2.93. The first-order valence-electron chi connectivity index (χ1n) is 8.37. The maximum atomic E-state index is 12.4. The molecule has 0 saturated heterocycles. The molecule has 1 aromatic carbocycles. The van der Waals surface area contributed by atoms with Crippen molar-refractivity contribution in [2.45, 2.75) is 6.92 Å². The molecule has 0 unspecified atom stereocenters. The van der Waals surface area contributed by atoms with E-state index in [2.05, 4.69) is 4.98 Å². The van der Waals surface area contributed by atoms with Crippen LogP contribution in [0.1, 0.15) is 17.4 Å².